The summed E-state index contributed by atoms with van der Waals surface area (Å²) in [6, 6.07) is 10.1. The van der Waals surface area contributed by atoms with Crippen LogP contribution in [0.1, 0.15) is 30.9 Å². The Kier molecular flexibility index (Phi) is 7.41. The Hall–Kier alpha value is -2.67. The fourth-order valence-corrected chi connectivity index (χ4v) is 3.73. The molecule has 0 radical (unpaired) electrons. The first-order valence-corrected chi connectivity index (χ1v) is 10.4. The monoisotopic (exact) mass is 397 g/mol. The van der Waals surface area contributed by atoms with Crippen molar-refractivity contribution in [2.24, 2.45) is 13.0 Å². The van der Waals surface area contributed by atoms with Crippen LogP contribution >= 0.6 is 0 Å². The lowest BCUT2D eigenvalue weighted by molar-refractivity contribution is -0.120. The van der Waals surface area contributed by atoms with Crippen LogP contribution in [0.4, 0.5) is 5.82 Å². The minimum atomic E-state index is -0.0185. The van der Waals surface area contributed by atoms with E-state index in [2.05, 4.69) is 32.8 Å². The highest BCUT2D eigenvalue weighted by molar-refractivity contribution is 5.91. The van der Waals surface area contributed by atoms with Crippen molar-refractivity contribution in [2.45, 2.75) is 32.6 Å². The summed E-state index contributed by atoms with van der Waals surface area (Å²) >= 11 is 0. The van der Waals surface area contributed by atoms with E-state index in [1.807, 2.05) is 32.3 Å². The van der Waals surface area contributed by atoms with Gasteiger partial charge in [0, 0.05) is 32.4 Å². The summed E-state index contributed by atoms with van der Waals surface area (Å²) in [4.78, 5) is 26.2. The van der Waals surface area contributed by atoms with Gasteiger partial charge in [0.15, 0.2) is 5.82 Å². The van der Waals surface area contributed by atoms with Crippen molar-refractivity contribution in [3.05, 3.63) is 47.7 Å². The van der Waals surface area contributed by atoms with E-state index in [-0.39, 0.29) is 11.8 Å². The molecule has 1 saturated heterocycles. The fraction of sp³-hybridized carbons (Fsp3) is 0.500. The lowest BCUT2D eigenvalue weighted by Gasteiger charge is -2.15. The number of carbonyl (C=O) groups excluding carboxylic acids is 2. The molecular formula is C22H31N5O2. The normalized spacial score (nSPS) is 16.7. The minimum absolute atomic E-state index is 0.0185. The highest BCUT2D eigenvalue weighted by atomic mass is 16.2. The first-order valence-electron chi connectivity index (χ1n) is 10.4. The summed E-state index contributed by atoms with van der Waals surface area (Å²) in [5.41, 5.74) is 2.33. The Bertz CT molecular complexity index is 815. The number of hydrogen-bond acceptors (Lipinski definition) is 4. The zero-order chi connectivity index (χ0) is 20.6. The number of likely N-dealkylation sites (tertiary alicyclic amines) is 1. The number of aromatic nitrogens is 2. The smallest absolute Gasteiger partial charge is 0.239 e. The molecule has 1 fully saturated rings. The number of hydrogen-bond donors (Lipinski definition) is 2. The standard InChI is InChI=1S/C22H31N5O2/c1-3-10-23-21(28)14-18-6-4-17(5-7-18)13-19-8-12-27(15-19)16-22(29)24-20-9-11-26(2)25-20/h4-7,9,11,19H,3,8,10,12-16H2,1-2H3,(H,23,28)(H,24,25,29). The molecule has 1 aromatic carbocycles. The molecule has 1 aliphatic heterocycles. The van der Waals surface area contributed by atoms with Gasteiger partial charge in [-0.3, -0.25) is 19.2 Å². The molecule has 1 aliphatic rings. The molecule has 7 nitrogen and oxygen atoms in total. The molecule has 2 amide bonds. The SMILES string of the molecule is CCCNC(=O)Cc1ccc(CC2CCN(CC(=O)Nc3ccn(C)n3)C2)cc1. The third-order valence-corrected chi connectivity index (χ3v) is 5.20. The van der Waals surface area contributed by atoms with Crippen molar-refractivity contribution in [1.82, 2.24) is 20.0 Å². The van der Waals surface area contributed by atoms with Crippen LogP contribution in [0.2, 0.25) is 0 Å². The minimum Gasteiger partial charge on any atom is -0.356 e. The van der Waals surface area contributed by atoms with Gasteiger partial charge in [-0.05, 0) is 42.9 Å². The largest absolute Gasteiger partial charge is 0.356 e. The van der Waals surface area contributed by atoms with E-state index in [0.717, 1.165) is 44.5 Å². The Morgan fingerprint density at radius 3 is 2.59 bits per heavy atom. The second kappa shape index (κ2) is 10.2. The number of rotatable bonds is 9. The zero-order valence-corrected chi connectivity index (χ0v) is 17.4. The van der Waals surface area contributed by atoms with Crippen LogP contribution in [-0.2, 0) is 29.5 Å². The van der Waals surface area contributed by atoms with Crippen LogP contribution in [0.5, 0.6) is 0 Å². The van der Waals surface area contributed by atoms with Gasteiger partial charge < -0.3 is 10.6 Å². The van der Waals surface area contributed by atoms with E-state index in [4.69, 9.17) is 0 Å². The molecule has 0 aliphatic carbocycles. The summed E-state index contributed by atoms with van der Waals surface area (Å²) in [5, 5.41) is 9.93. The summed E-state index contributed by atoms with van der Waals surface area (Å²) in [6.45, 7) is 5.05. The first-order chi connectivity index (χ1) is 14.0. The highest BCUT2D eigenvalue weighted by Crippen LogP contribution is 2.21. The van der Waals surface area contributed by atoms with Gasteiger partial charge in [0.1, 0.15) is 0 Å². The van der Waals surface area contributed by atoms with Crippen LogP contribution in [-0.4, -0.2) is 52.7 Å². The van der Waals surface area contributed by atoms with Crippen LogP contribution < -0.4 is 10.6 Å². The second-order valence-corrected chi connectivity index (χ2v) is 7.86. The molecule has 0 spiro atoms. The van der Waals surface area contributed by atoms with E-state index in [0.29, 0.717) is 24.7 Å². The first kappa shape index (κ1) is 21.0. The lowest BCUT2D eigenvalue weighted by atomic mass is 9.97. The Labute approximate surface area is 172 Å². The second-order valence-electron chi connectivity index (χ2n) is 7.86. The number of aryl methyl sites for hydroxylation is 1. The number of anilines is 1. The number of amides is 2. The van der Waals surface area contributed by atoms with Crippen molar-refractivity contribution in [3.63, 3.8) is 0 Å². The van der Waals surface area contributed by atoms with E-state index in [1.165, 1.54) is 5.56 Å². The predicted octanol–water partition coefficient (Wildman–Crippen LogP) is 1.99. The number of nitrogens with zero attached hydrogens (tertiary/aromatic N) is 3. The van der Waals surface area contributed by atoms with Crippen LogP contribution in [0.25, 0.3) is 0 Å². The predicted molar refractivity (Wildman–Crippen MR) is 114 cm³/mol. The molecule has 1 atom stereocenters. The van der Waals surface area contributed by atoms with Crippen LogP contribution in [0.15, 0.2) is 36.5 Å². The number of nitrogens with one attached hydrogen (secondary N) is 2. The van der Waals surface area contributed by atoms with Crippen LogP contribution in [0.3, 0.4) is 0 Å². The molecule has 2 aromatic rings. The molecule has 3 rings (SSSR count). The van der Waals surface area contributed by atoms with Crippen molar-refractivity contribution in [3.8, 4) is 0 Å². The molecule has 156 valence electrons. The Morgan fingerprint density at radius 2 is 1.90 bits per heavy atom. The van der Waals surface area contributed by atoms with E-state index < -0.39 is 0 Å². The van der Waals surface area contributed by atoms with Crippen molar-refractivity contribution >= 4 is 17.6 Å². The zero-order valence-electron chi connectivity index (χ0n) is 17.4. The molecular weight excluding hydrogens is 366 g/mol. The summed E-state index contributed by atoms with van der Waals surface area (Å²) < 4.78 is 1.67. The average Bonchev–Trinajstić information content (AvgIpc) is 3.30. The topological polar surface area (TPSA) is 79.3 Å². The van der Waals surface area contributed by atoms with E-state index >= 15 is 0 Å². The molecule has 29 heavy (non-hydrogen) atoms. The molecule has 1 aromatic heterocycles. The maximum Gasteiger partial charge on any atom is 0.239 e. The summed E-state index contributed by atoms with van der Waals surface area (Å²) in [6.07, 6.45) is 5.29. The van der Waals surface area contributed by atoms with Crippen molar-refractivity contribution < 1.29 is 9.59 Å². The van der Waals surface area contributed by atoms with Gasteiger partial charge in [-0.25, -0.2) is 0 Å². The van der Waals surface area contributed by atoms with Crippen molar-refractivity contribution in [1.29, 1.82) is 0 Å². The third kappa shape index (κ3) is 6.71. The molecule has 1 unspecified atom stereocenters. The van der Waals surface area contributed by atoms with Gasteiger partial charge in [-0.15, -0.1) is 0 Å². The fourth-order valence-electron chi connectivity index (χ4n) is 3.73. The van der Waals surface area contributed by atoms with Gasteiger partial charge >= 0.3 is 0 Å². The molecule has 0 bridgehead atoms. The maximum absolute atomic E-state index is 12.2. The number of benzene rings is 1. The van der Waals surface area contributed by atoms with Gasteiger partial charge in [-0.2, -0.15) is 5.10 Å². The van der Waals surface area contributed by atoms with Crippen LogP contribution in [0, 0.1) is 5.92 Å². The summed E-state index contributed by atoms with van der Waals surface area (Å²) in [7, 11) is 1.83. The number of carbonyl (C=O) groups is 2. The van der Waals surface area contributed by atoms with Gasteiger partial charge in [0.05, 0.1) is 13.0 Å². The third-order valence-electron chi connectivity index (χ3n) is 5.20. The van der Waals surface area contributed by atoms with E-state index in [9.17, 15) is 9.59 Å². The van der Waals surface area contributed by atoms with Gasteiger partial charge in [-0.1, -0.05) is 31.2 Å². The Balaban J connectivity index is 1.41. The molecule has 7 heteroatoms. The van der Waals surface area contributed by atoms with Gasteiger partial charge in [0.2, 0.25) is 11.8 Å². The average molecular weight is 398 g/mol. The summed E-state index contributed by atoms with van der Waals surface area (Å²) in [5.74, 6) is 1.21. The Morgan fingerprint density at radius 1 is 1.14 bits per heavy atom. The van der Waals surface area contributed by atoms with Gasteiger partial charge in [0.25, 0.3) is 0 Å². The molecule has 0 saturated carbocycles. The lowest BCUT2D eigenvalue weighted by Crippen LogP contribution is -2.31. The highest BCUT2D eigenvalue weighted by Gasteiger charge is 2.24. The quantitative estimate of drug-likeness (QED) is 0.678. The molecule has 2 N–H and O–H groups in total. The molecule has 2 heterocycles. The van der Waals surface area contributed by atoms with E-state index in [1.54, 1.807) is 10.7 Å². The van der Waals surface area contributed by atoms with Crippen molar-refractivity contribution in [2.75, 3.05) is 31.5 Å². The maximum atomic E-state index is 12.2.